The fraction of sp³-hybridized carbons (Fsp3) is 0.278. The Morgan fingerprint density at radius 3 is 2.81 bits per heavy atom. The van der Waals surface area contributed by atoms with Gasteiger partial charge < -0.3 is 9.64 Å². The summed E-state index contributed by atoms with van der Waals surface area (Å²) in [6.07, 6.45) is -0.0105. The molecule has 26 heavy (non-hydrogen) atoms. The molecule has 1 amide bonds. The molecule has 2 aromatic heterocycles. The van der Waals surface area contributed by atoms with Crippen LogP contribution in [0.5, 0.6) is 0 Å². The lowest BCUT2D eigenvalue weighted by Crippen LogP contribution is -2.44. The van der Waals surface area contributed by atoms with Crippen LogP contribution in [0.15, 0.2) is 41.8 Å². The Bertz CT molecular complexity index is 908. The zero-order valence-corrected chi connectivity index (χ0v) is 14.9. The Hall–Kier alpha value is -2.58. The number of thiophene rings is 1. The van der Waals surface area contributed by atoms with Crippen molar-refractivity contribution < 1.29 is 13.9 Å². The van der Waals surface area contributed by atoms with Gasteiger partial charge in [-0.1, -0.05) is 6.07 Å². The van der Waals surface area contributed by atoms with Gasteiger partial charge in [-0.05, 0) is 42.6 Å². The third kappa shape index (κ3) is 3.25. The summed E-state index contributed by atoms with van der Waals surface area (Å²) in [4.78, 5) is 19.9. The fourth-order valence-corrected chi connectivity index (χ4v) is 3.57. The molecule has 0 N–H and O–H groups in total. The smallest absolute Gasteiger partial charge is 0.293 e. The maximum absolute atomic E-state index is 13.3. The predicted molar refractivity (Wildman–Crippen MR) is 95.9 cm³/mol. The topological polar surface area (TPSA) is 60.2 Å². The SMILES string of the molecule is CC1CN(C(=O)c2nc(-c3cccs3)n(-c3ccc(F)cc3)n2)CCO1. The Morgan fingerprint density at radius 1 is 1.31 bits per heavy atom. The molecule has 1 atom stereocenters. The molecule has 1 unspecified atom stereocenters. The monoisotopic (exact) mass is 372 g/mol. The van der Waals surface area contributed by atoms with Crippen LogP contribution in [0.1, 0.15) is 17.5 Å². The van der Waals surface area contributed by atoms with Gasteiger partial charge in [0.1, 0.15) is 5.82 Å². The number of carbonyl (C=O) groups excluding carboxylic acids is 1. The molecule has 0 spiro atoms. The second kappa shape index (κ2) is 6.97. The maximum Gasteiger partial charge on any atom is 0.293 e. The minimum atomic E-state index is -0.329. The summed E-state index contributed by atoms with van der Waals surface area (Å²) in [7, 11) is 0. The highest BCUT2D eigenvalue weighted by atomic mass is 32.1. The summed E-state index contributed by atoms with van der Waals surface area (Å²) in [5.74, 6) is 0.145. The molecule has 6 nitrogen and oxygen atoms in total. The third-order valence-corrected chi connectivity index (χ3v) is 5.01. The van der Waals surface area contributed by atoms with Crippen LogP contribution >= 0.6 is 11.3 Å². The molecule has 0 bridgehead atoms. The van der Waals surface area contributed by atoms with Crippen molar-refractivity contribution in [3.05, 3.63) is 53.4 Å². The van der Waals surface area contributed by atoms with Crippen LogP contribution in [0.2, 0.25) is 0 Å². The van der Waals surface area contributed by atoms with Crippen LogP contribution in [-0.4, -0.2) is 51.4 Å². The zero-order chi connectivity index (χ0) is 18.1. The predicted octanol–water partition coefficient (Wildman–Crippen LogP) is 3.00. The first-order valence-electron chi connectivity index (χ1n) is 8.29. The number of halogens is 1. The zero-order valence-electron chi connectivity index (χ0n) is 14.1. The number of hydrogen-bond donors (Lipinski definition) is 0. The molecular formula is C18H17FN4O2S. The quantitative estimate of drug-likeness (QED) is 0.709. The summed E-state index contributed by atoms with van der Waals surface area (Å²) in [6.45, 7) is 3.46. The minimum Gasteiger partial charge on any atom is -0.375 e. The summed E-state index contributed by atoms with van der Waals surface area (Å²) < 4.78 is 20.3. The van der Waals surface area contributed by atoms with Crippen molar-refractivity contribution in [2.75, 3.05) is 19.7 Å². The lowest BCUT2D eigenvalue weighted by Gasteiger charge is -2.30. The van der Waals surface area contributed by atoms with Gasteiger partial charge in [-0.2, -0.15) is 0 Å². The Labute approximate surface area is 153 Å². The van der Waals surface area contributed by atoms with E-state index in [4.69, 9.17) is 4.74 Å². The van der Waals surface area contributed by atoms with E-state index in [2.05, 4.69) is 10.1 Å². The van der Waals surface area contributed by atoms with Crippen molar-refractivity contribution in [3.8, 4) is 16.4 Å². The molecule has 0 radical (unpaired) electrons. The van der Waals surface area contributed by atoms with E-state index in [1.54, 1.807) is 21.7 Å². The molecule has 134 valence electrons. The van der Waals surface area contributed by atoms with Gasteiger partial charge in [0.25, 0.3) is 5.91 Å². The lowest BCUT2D eigenvalue weighted by atomic mass is 10.3. The molecule has 8 heteroatoms. The molecule has 1 fully saturated rings. The van der Waals surface area contributed by atoms with E-state index in [1.807, 2.05) is 24.4 Å². The first-order chi connectivity index (χ1) is 12.6. The Balaban J connectivity index is 1.74. The van der Waals surface area contributed by atoms with Crippen LogP contribution in [-0.2, 0) is 4.74 Å². The summed E-state index contributed by atoms with van der Waals surface area (Å²) in [5.41, 5.74) is 0.650. The van der Waals surface area contributed by atoms with Gasteiger partial charge in [0.05, 0.1) is 23.3 Å². The van der Waals surface area contributed by atoms with Gasteiger partial charge in [0.15, 0.2) is 5.82 Å². The van der Waals surface area contributed by atoms with Gasteiger partial charge in [-0.3, -0.25) is 4.79 Å². The number of rotatable bonds is 3. The van der Waals surface area contributed by atoms with E-state index in [0.717, 1.165) is 4.88 Å². The standard InChI is InChI=1S/C18H17FN4O2S/c1-12-11-22(8-9-25-12)18(24)16-20-17(15-3-2-10-26-15)23(21-16)14-6-4-13(19)5-7-14/h2-7,10,12H,8-9,11H2,1H3. The van der Waals surface area contributed by atoms with Gasteiger partial charge >= 0.3 is 0 Å². The van der Waals surface area contributed by atoms with Crippen molar-refractivity contribution in [2.45, 2.75) is 13.0 Å². The van der Waals surface area contributed by atoms with Gasteiger partial charge in [-0.15, -0.1) is 16.4 Å². The van der Waals surface area contributed by atoms with Gasteiger partial charge in [-0.25, -0.2) is 14.1 Å². The molecule has 4 rings (SSSR count). The average molecular weight is 372 g/mol. The maximum atomic E-state index is 13.3. The Kier molecular flexibility index (Phi) is 4.52. The number of carbonyl (C=O) groups is 1. The molecule has 3 aromatic rings. The van der Waals surface area contributed by atoms with Crippen LogP contribution < -0.4 is 0 Å². The van der Waals surface area contributed by atoms with Crippen LogP contribution in [0.25, 0.3) is 16.4 Å². The second-order valence-corrected chi connectivity index (χ2v) is 7.00. The largest absolute Gasteiger partial charge is 0.375 e. The second-order valence-electron chi connectivity index (χ2n) is 6.06. The number of ether oxygens (including phenoxy) is 1. The molecule has 1 aliphatic rings. The first kappa shape index (κ1) is 16.9. The van der Waals surface area contributed by atoms with E-state index in [9.17, 15) is 9.18 Å². The number of hydrogen-bond acceptors (Lipinski definition) is 5. The molecule has 3 heterocycles. The van der Waals surface area contributed by atoms with E-state index < -0.39 is 0 Å². The van der Waals surface area contributed by atoms with Gasteiger partial charge in [0.2, 0.25) is 5.82 Å². The fourth-order valence-electron chi connectivity index (χ4n) is 2.87. The number of amides is 1. The number of benzene rings is 1. The molecule has 1 aliphatic heterocycles. The Morgan fingerprint density at radius 2 is 2.12 bits per heavy atom. The first-order valence-corrected chi connectivity index (χ1v) is 9.17. The third-order valence-electron chi connectivity index (χ3n) is 4.14. The number of aromatic nitrogens is 3. The van der Waals surface area contributed by atoms with E-state index in [0.29, 0.717) is 31.2 Å². The molecular weight excluding hydrogens is 355 g/mol. The highest BCUT2D eigenvalue weighted by Gasteiger charge is 2.27. The van der Waals surface area contributed by atoms with Crippen molar-refractivity contribution in [1.82, 2.24) is 19.7 Å². The van der Waals surface area contributed by atoms with Crippen molar-refractivity contribution in [3.63, 3.8) is 0 Å². The summed E-state index contributed by atoms with van der Waals surface area (Å²) >= 11 is 1.51. The van der Waals surface area contributed by atoms with E-state index in [1.165, 1.54) is 23.5 Å². The summed E-state index contributed by atoms with van der Waals surface area (Å²) in [6, 6.07) is 9.79. The highest BCUT2D eigenvalue weighted by Crippen LogP contribution is 2.26. The molecule has 1 saturated heterocycles. The van der Waals surface area contributed by atoms with Crippen molar-refractivity contribution in [1.29, 1.82) is 0 Å². The van der Waals surface area contributed by atoms with Crippen LogP contribution in [0.3, 0.4) is 0 Å². The molecule has 1 aromatic carbocycles. The van der Waals surface area contributed by atoms with E-state index in [-0.39, 0.29) is 23.7 Å². The summed E-state index contributed by atoms with van der Waals surface area (Å²) in [5, 5.41) is 6.36. The van der Waals surface area contributed by atoms with E-state index >= 15 is 0 Å². The van der Waals surface area contributed by atoms with Crippen molar-refractivity contribution >= 4 is 17.2 Å². The average Bonchev–Trinajstić information content (AvgIpc) is 3.31. The number of morpholine rings is 1. The molecule has 0 saturated carbocycles. The van der Waals surface area contributed by atoms with Crippen molar-refractivity contribution in [2.24, 2.45) is 0 Å². The van der Waals surface area contributed by atoms with Crippen LogP contribution in [0.4, 0.5) is 4.39 Å². The van der Waals surface area contributed by atoms with Gasteiger partial charge in [0, 0.05) is 13.1 Å². The number of nitrogens with zero attached hydrogens (tertiary/aromatic N) is 4. The molecule has 0 aliphatic carbocycles. The lowest BCUT2D eigenvalue weighted by molar-refractivity contribution is -0.0128. The minimum absolute atomic E-state index is 0.0105. The highest BCUT2D eigenvalue weighted by molar-refractivity contribution is 7.13. The van der Waals surface area contributed by atoms with Crippen LogP contribution in [0, 0.1) is 5.82 Å². The normalized spacial score (nSPS) is 17.5.